The second-order valence-electron chi connectivity index (χ2n) is 6.59. The Hall–Kier alpha value is -1.59. The van der Waals surface area contributed by atoms with Gasteiger partial charge in [-0.1, -0.05) is 0 Å². The summed E-state index contributed by atoms with van der Waals surface area (Å²) in [5, 5.41) is 9.65. The Labute approximate surface area is 115 Å². The van der Waals surface area contributed by atoms with E-state index in [4.69, 9.17) is 0 Å². The summed E-state index contributed by atoms with van der Waals surface area (Å²) in [5.74, 6) is 1.73. The molecule has 0 saturated carbocycles. The molecule has 0 radical (unpaired) electrons. The number of aromatic nitrogens is 3. The van der Waals surface area contributed by atoms with E-state index in [1.54, 1.807) is 0 Å². The molecular formula is C13H26N6. The van der Waals surface area contributed by atoms with E-state index in [1.165, 1.54) is 0 Å². The van der Waals surface area contributed by atoms with Crippen molar-refractivity contribution in [3.05, 3.63) is 0 Å². The SMILES string of the molecule is CCNc1nc(NC(C)(C)C)nc(NC(C)(C)C)n1. The first-order valence-electron chi connectivity index (χ1n) is 6.65. The Kier molecular flexibility index (Phi) is 4.55. The molecule has 0 unspecified atom stereocenters. The van der Waals surface area contributed by atoms with Gasteiger partial charge in [0.1, 0.15) is 0 Å². The average molecular weight is 266 g/mol. The van der Waals surface area contributed by atoms with Crippen LogP contribution in [-0.4, -0.2) is 32.6 Å². The monoisotopic (exact) mass is 266 g/mol. The molecule has 0 bridgehead atoms. The van der Waals surface area contributed by atoms with Gasteiger partial charge in [-0.05, 0) is 48.5 Å². The van der Waals surface area contributed by atoms with Crippen LogP contribution in [0.3, 0.4) is 0 Å². The summed E-state index contributed by atoms with van der Waals surface area (Å²) in [5.41, 5.74) is -0.187. The minimum atomic E-state index is -0.0934. The van der Waals surface area contributed by atoms with Gasteiger partial charge < -0.3 is 16.0 Å². The fraction of sp³-hybridized carbons (Fsp3) is 0.769. The topological polar surface area (TPSA) is 74.8 Å². The maximum atomic E-state index is 4.40. The summed E-state index contributed by atoms with van der Waals surface area (Å²) < 4.78 is 0. The van der Waals surface area contributed by atoms with E-state index in [1.807, 2.05) is 6.92 Å². The first-order valence-corrected chi connectivity index (χ1v) is 6.65. The predicted molar refractivity (Wildman–Crippen MR) is 80.7 cm³/mol. The first kappa shape index (κ1) is 15.5. The van der Waals surface area contributed by atoms with Crippen molar-refractivity contribution in [1.29, 1.82) is 0 Å². The minimum absolute atomic E-state index is 0.0934. The number of nitrogens with one attached hydrogen (secondary N) is 3. The van der Waals surface area contributed by atoms with Gasteiger partial charge in [-0.3, -0.25) is 0 Å². The molecule has 0 saturated heterocycles. The lowest BCUT2D eigenvalue weighted by Gasteiger charge is -2.23. The zero-order valence-corrected chi connectivity index (χ0v) is 13.0. The van der Waals surface area contributed by atoms with Crippen LogP contribution in [-0.2, 0) is 0 Å². The third-order valence-corrected chi connectivity index (χ3v) is 1.94. The molecule has 0 aliphatic carbocycles. The zero-order chi connectivity index (χ0) is 14.7. The van der Waals surface area contributed by atoms with Gasteiger partial charge in [0.25, 0.3) is 0 Å². The average Bonchev–Trinajstić information content (AvgIpc) is 2.11. The summed E-state index contributed by atoms with van der Waals surface area (Å²) in [7, 11) is 0. The van der Waals surface area contributed by atoms with E-state index in [0.29, 0.717) is 17.8 Å². The van der Waals surface area contributed by atoms with Crippen molar-refractivity contribution in [2.75, 3.05) is 22.5 Å². The molecular weight excluding hydrogens is 240 g/mol. The fourth-order valence-corrected chi connectivity index (χ4v) is 1.40. The molecule has 6 nitrogen and oxygen atoms in total. The molecule has 0 aromatic carbocycles. The van der Waals surface area contributed by atoms with Crippen LogP contribution < -0.4 is 16.0 Å². The fourth-order valence-electron chi connectivity index (χ4n) is 1.40. The Morgan fingerprint density at radius 1 is 0.737 bits per heavy atom. The molecule has 1 aromatic rings. The molecule has 0 fully saturated rings. The van der Waals surface area contributed by atoms with Gasteiger partial charge in [-0.2, -0.15) is 15.0 Å². The van der Waals surface area contributed by atoms with Crippen LogP contribution in [0.2, 0.25) is 0 Å². The summed E-state index contributed by atoms with van der Waals surface area (Å²) in [6, 6.07) is 0. The highest BCUT2D eigenvalue weighted by Gasteiger charge is 2.16. The standard InChI is InChI=1S/C13H26N6/c1-8-14-9-15-10(18-12(2,3)4)17-11(16-9)19-13(5,6)7/h8H2,1-7H3,(H3,14,15,16,17,18,19). The summed E-state index contributed by atoms with van der Waals surface area (Å²) in [4.78, 5) is 13.1. The molecule has 108 valence electrons. The van der Waals surface area contributed by atoms with Crippen molar-refractivity contribution in [2.24, 2.45) is 0 Å². The van der Waals surface area contributed by atoms with E-state index in [2.05, 4.69) is 72.4 Å². The van der Waals surface area contributed by atoms with E-state index in [0.717, 1.165) is 6.54 Å². The molecule has 1 aromatic heterocycles. The van der Waals surface area contributed by atoms with Crippen molar-refractivity contribution in [1.82, 2.24) is 15.0 Å². The normalized spacial score (nSPS) is 12.2. The number of hydrogen-bond acceptors (Lipinski definition) is 6. The van der Waals surface area contributed by atoms with Gasteiger partial charge >= 0.3 is 0 Å². The van der Waals surface area contributed by atoms with E-state index >= 15 is 0 Å². The lowest BCUT2D eigenvalue weighted by molar-refractivity contribution is 0.616. The molecule has 0 atom stereocenters. The van der Waals surface area contributed by atoms with Crippen LogP contribution in [0.1, 0.15) is 48.5 Å². The molecule has 1 rings (SSSR count). The van der Waals surface area contributed by atoms with Crippen LogP contribution in [0.4, 0.5) is 17.8 Å². The predicted octanol–water partition coefficient (Wildman–Crippen LogP) is 2.72. The van der Waals surface area contributed by atoms with Crippen molar-refractivity contribution in [3.63, 3.8) is 0 Å². The maximum absolute atomic E-state index is 4.40. The number of anilines is 3. The Balaban J connectivity index is 3.03. The minimum Gasteiger partial charge on any atom is -0.354 e. The van der Waals surface area contributed by atoms with Crippen LogP contribution in [0.5, 0.6) is 0 Å². The third-order valence-electron chi connectivity index (χ3n) is 1.94. The van der Waals surface area contributed by atoms with E-state index in [9.17, 15) is 0 Å². The summed E-state index contributed by atoms with van der Waals surface area (Å²) in [6.07, 6.45) is 0. The second kappa shape index (κ2) is 5.59. The van der Waals surface area contributed by atoms with Crippen LogP contribution >= 0.6 is 0 Å². The van der Waals surface area contributed by atoms with Gasteiger partial charge in [-0.25, -0.2) is 0 Å². The molecule has 19 heavy (non-hydrogen) atoms. The van der Waals surface area contributed by atoms with Crippen molar-refractivity contribution < 1.29 is 0 Å². The van der Waals surface area contributed by atoms with Gasteiger partial charge in [0.2, 0.25) is 17.8 Å². The number of hydrogen-bond donors (Lipinski definition) is 3. The largest absolute Gasteiger partial charge is 0.354 e. The molecule has 0 aliphatic rings. The zero-order valence-electron chi connectivity index (χ0n) is 13.0. The maximum Gasteiger partial charge on any atom is 0.229 e. The second-order valence-corrected chi connectivity index (χ2v) is 6.59. The molecule has 0 aliphatic heterocycles. The molecule has 0 amide bonds. The van der Waals surface area contributed by atoms with Gasteiger partial charge in [0.15, 0.2) is 0 Å². The van der Waals surface area contributed by atoms with Crippen molar-refractivity contribution >= 4 is 17.8 Å². The van der Waals surface area contributed by atoms with Crippen molar-refractivity contribution in [2.45, 2.75) is 59.5 Å². The van der Waals surface area contributed by atoms with Crippen molar-refractivity contribution in [3.8, 4) is 0 Å². The number of nitrogens with zero attached hydrogens (tertiary/aromatic N) is 3. The van der Waals surface area contributed by atoms with E-state index in [-0.39, 0.29) is 11.1 Å². The lowest BCUT2D eigenvalue weighted by Crippen LogP contribution is -2.30. The molecule has 3 N–H and O–H groups in total. The molecule has 0 spiro atoms. The Morgan fingerprint density at radius 2 is 1.11 bits per heavy atom. The van der Waals surface area contributed by atoms with Gasteiger partial charge in [-0.15, -0.1) is 0 Å². The smallest absolute Gasteiger partial charge is 0.229 e. The number of rotatable bonds is 4. The van der Waals surface area contributed by atoms with Crippen LogP contribution in [0, 0.1) is 0 Å². The van der Waals surface area contributed by atoms with Gasteiger partial charge in [0.05, 0.1) is 0 Å². The van der Waals surface area contributed by atoms with Crippen LogP contribution in [0.25, 0.3) is 0 Å². The highest BCUT2D eigenvalue weighted by molar-refractivity contribution is 5.44. The third kappa shape index (κ3) is 6.22. The lowest BCUT2D eigenvalue weighted by atomic mass is 10.1. The Bertz CT molecular complexity index is 382. The Morgan fingerprint density at radius 3 is 1.42 bits per heavy atom. The highest BCUT2D eigenvalue weighted by Crippen LogP contribution is 2.16. The molecule has 6 heteroatoms. The quantitative estimate of drug-likeness (QED) is 0.778. The molecule has 1 heterocycles. The highest BCUT2D eigenvalue weighted by atomic mass is 15.3. The summed E-state index contributed by atoms with van der Waals surface area (Å²) in [6.45, 7) is 15.2. The van der Waals surface area contributed by atoms with Crippen LogP contribution in [0.15, 0.2) is 0 Å². The summed E-state index contributed by atoms with van der Waals surface area (Å²) >= 11 is 0. The van der Waals surface area contributed by atoms with Gasteiger partial charge in [0, 0.05) is 17.6 Å². The first-order chi connectivity index (χ1) is 8.59. The van der Waals surface area contributed by atoms with E-state index < -0.39 is 0 Å².